The van der Waals surface area contributed by atoms with Crippen LogP contribution in [0.25, 0.3) is 0 Å². The van der Waals surface area contributed by atoms with Gasteiger partial charge in [0.25, 0.3) is 0 Å². The van der Waals surface area contributed by atoms with Gasteiger partial charge in [0.05, 0.1) is 0 Å². The number of rotatable bonds is 2. The van der Waals surface area contributed by atoms with Crippen LogP contribution in [0.15, 0.2) is 6.20 Å². The van der Waals surface area contributed by atoms with Crippen molar-refractivity contribution in [3.05, 3.63) is 23.3 Å². The molecule has 1 aliphatic carbocycles. The molecule has 1 saturated carbocycles. The van der Waals surface area contributed by atoms with Crippen LogP contribution in [0.2, 0.25) is 0 Å². The average Bonchev–Trinajstić information content (AvgIpc) is 2.27. The fraction of sp³-hybridized carbons (Fsp3) is 0.692. The SMILES string of the molecule is Cc1nc(C2CCCC(F)(F)C2)ncc1[C@H](C)N. The van der Waals surface area contributed by atoms with Crippen LogP contribution >= 0.6 is 0 Å². The Kier molecular flexibility index (Phi) is 3.61. The number of nitrogens with two attached hydrogens (primary N) is 1. The molecule has 2 atom stereocenters. The monoisotopic (exact) mass is 255 g/mol. The second-order valence-electron chi connectivity index (χ2n) is 5.21. The van der Waals surface area contributed by atoms with Gasteiger partial charge in [-0.05, 0) is 26.7 Å². The van der Waals surface area contributed by atoms with Gasteiger partial charge in [0.2, 0.25) is 5.92 Å². The zero-order chi connectivity index (χ0) is 13.3. The molecule has 18 heavy (non-hydrogen) atoms. The molecule has 0 bridgehead atoms. The smallest absolute Gasteiger partial charge is 0.248 e. The van der Waals surface area contributed by atoms with Gasteiger partial charge < -0.3 is 5.73 Å². The molecule has 0 aliphatic heterocycles. The molecule has 1 fully saturated rings. The zero-order valence-electron chi connectivity index (χ0n) is 10.8. The highest BCUT2D eigenvalue weighted by Gasteiger charge is 2.37. The number of halogens is 2. The fourth-order valence-electron chi connectivity index (χ4n) is 2.53. The highest BCUT2D eigenvalue weighted by Crippen LogP contribution is 2.40. The lowest BCUT2D eigenvalue weighted by Crippen LogP contribution is -2.26. The molecule has 0 radical (unpaired) electrons. The minimum atomic E-state index is -2.57. The molecular formula is C13H19F2N3. The number of aryl methyl sites for hydroxylation is 1. The first kappa shape index (κ1) is 13.3. The van der Waals surface area contributed by atoms with Gasteiger partial charge >= 0.3 is 0 Å². The molecular weight excluding hydrogens is 236 g/mol. The zero-order valence-corrected chi connectivity index (χ0v) is 10.8. The summed E-state index contributed by atoms with van der Waals surface area (Å²) in [5.74, 6) is -2.26. The largest absolute Gasteiger partial charge is 0.324 e. The van der Waals surface area contributed by atoms with E-state index in [2.05, 4.69) is 9.97 Å². The van der Waals surface area contributed by atoms with Crippen LogP contribution in [0.4, 0.5) is 8.78 Å². The summed E-state index contributed by atoms with van der Waals surface area (Å²) in [6.45, 7) is 3.71. The van der Waals surface area contributed by atoms with Crippen molar-refractivity contribution < 1.29 is 8.78 Å². The van der Waals surface area contributed by atoms with Gasteiger partial charge in [-0.25, -0.2) is 18.7 Å². The molecule has 0 aromatic carbocycles. The Labute approximate surface area is 106 Å². The number of aromatic nitrogens is 2. The summed E-state index contributed by atoms with van der Waals surface area (Å²) in [6.07, 6.45) is 2.81. The van der Waals surface area contributed by atoms with Gasteiger partial charge in [0.15, 0.2) is 0 Å². The first-order valence-electron chi connectivity index (χ1n) is 6.36. The van der Waals surface area contributed by atoms with Crippen molar-refractivity contribution >= 4 is 0 Å². The Morgan fingerprint density at radius 1 is 1.50 bits per heavy atom. The predicted molar refractivity (Wildman–Crippen MR) is 65.5 cm³/mol. The fourth-order valence-corrected chi connectivity index (χ4v) is 2.53. The van der Waals surface area contributed by atoms with Crippen molar-refractivity contribution in [2.45, 2.75) is 57.4 Å². The average molecular weight is 255 g/mol. The lowest BCUT2D eigenvalue weighted by molar-refractivity contribution is -0.0417. The van der Waals surface area contributed by atoms with E-state index in [1.165, 1.54) is 0 Å². The molecule has 2 N–H and O–H groups in total. The summed E-state index contributed by atoms with van der Waals surface area (Å²) in [5.41, 5.74) is 7.46. The van der Waals surface area contributed by atoms with E-state index < -0.39 is 5.92 Å². The van der Waals surface area contributed by atoms with E-state index in [0.717, 1.165) is 17.7 Å². The van der Waals surface area contributed by atoms with Crippen molar-refractivity contribution in [1.82, 2.24) is 9.97 Å². The van der Waals surface area contributed by atoms with Crippen molar-refractivity contribution in [2.24, 2.45) is 5.73 Å². The molecule has 3 nitrogen and oxygen atoms in total. The van der Waals surface area contributed by atoms with Gasteiger partial charge in [-0.2, -0.15) is 0 Å². The molecule has 0 amide bonds. The van der Waals surface area contributed by atoms with Gasteiger partial charge in [-0.15, -0.1) is 0 Å². The Balaban J connectivity index is 2.21. The molecule has 1 unspecified atom stereocenters. The topological polar surface area (TPSA) is 51.8 Å². The van der Waals surface area contributed by atoms with Gasteiger partial charge in [-0.1, -0.05) is 0 Å². The van der Waals surface area contributed by atoms with E-state index in [1.54, 1.807) is 6.20 Å². The van der Waals surface area contributed by atoms with E-state index in [-0.39, 0.29) is 24.8 Å². The Hall–Kier alpha value is -1.10. The Morgan fingerprint density at radius 3 is 2.78 bits per heavy atom. The van der Waals surface area contributed by atoms with E-state index in [9.17, 15) is 8.78 Å². The molecule has 100 valence electrons. The van der Waals surface area contributed by atoms with Crippen LogP contribution in [-0.4, -0.2) is 15.9 Å². The first-order valence-corrected chi connectivity index (χ1v) is 6.36. The molecule has 1 aromatic rings. The summed E-state index contributed by atoms with van der Waals surface area (Å²) in [7, 11) is 0. The maximum Gasteiger partial charge on any atom is 0.248 e. The van der Waals surface area contributed by atoms with E-state index in [1.807, 2.05) is 13.8 Å². The first-order chi connectivity index (χ1) is 8.39. The quantitative estimate of drug-likeness (QED) is 0.883. The minimum Gasteiger partial charge on any atom is -0.324 e. The van der Waals surface area contributed by atoms with E-state index >= 15 is 0 Å². The molecule has 1 aromatic heterocycles. The predicted octanol–water partition coefficient (Wildman–Crippen LogP) is 3.10. The van der Waals surface area contributed by atoms with Crippen LogP contribution < -0.4 is 5.73 Å². The Bertz CT molecular complexity index is 432. The molecule has 0 saturated heterocycles. The lowest BCUT2D eigenvalue weighted by Gasteiger charge is -2.28. The number of alkyl halides is 2. The number of hydrogen-bond acceptors (Lipinski definition) is 3. The molecule has 1 heterocycles. The highest BCUT2D eigenvalue weighted by molar-refractivity contribution is 5.20. The highest BCUT2D eigenvalue weighted by atomic mass is 19.3. The maximum absolute atomic E-state index is 13.4. The molecule has 5 heteroatoms. The lowest BCUT2D eigenvalue weighted by atomic mass is 9.86. The second kappa shape index (κ2) is 4.88. The Morgan fingerprint density at radius 2 is 2.22 bits per heavy atom. The molecule has 1 aliphatic rings. The summed E-state index contributed by atoms with van der Waals surface area (Å²) in [4.78, 5) is 8.58. The number of nitrogens with zero attached hydrogens (tertiary/aromatic N) is 2. The standard InChI is InChI=1S/C13H19F2N3/c1-8(16)11-7-17-12(18-9(11)2)10-4-3-5-13(14,15)6-10/h7-8,10H,3-6,16H2,1-2H3/t8-,10?/m0/s1. The minimum absolute atomic E-state index is 0.0135. The summed E-state index contributed by atoms with van der Waals surface area (Å²) >= 11 is 0. The summed E-state index contributed by atoms with van der Waals surface area (Å²) in [6, 6.07) is -0.133. The van der Waals surface area contributed by atoms with E-state index in [4.69, 9.17) is 5.73 Å². The van der Waals surface area contributed by atoms with Crippen LogP contribution in [0.1, 0.15) is 61.6 Å². The van der Waals surface area contributed by atoms with Gasteiger partial charge in [0, 0.05) is 42.3 Å². The van der Waals surface area contributed by atoms with Crippen LogP contribution in [-0.2, 0) is 0 Å². The molecule has 0 spiro atoms. The van der Waals surface area contributed by atoms with Crippen LogP contribution in [0.5, 0.6) is 0 Å². The van der Waals surface area contributed by atoms with Crippen molar-refractivity contribution in [1.29, 1.82) is 0 Å². The maximum atomic E-state index is 13.4. The summed E-state index contributed by atoms with van der Waals surface area (Å²) in [5, 5.41) is 0. The van der Waals surface area contributed by atoms with Crippen LogP contribution in [0, 0.1) is 6.92 Å². The number of hydrogen-bond donors (Lipinski definition) is 1. The third-order valence-electron chi connectivity index (χ3n) is 3.53. The van der Waals surface area contributed by atoms with Crippen molar-refractivity contribution in [3.63, 3.8) is 0 Å². The van der Waals surface area contributed by atoms with Gasteiger partial charge in [-0.3, -0.25) is 0 Å². The normalized spacial score (nSPS) is 24.8. The van der Waals surface area contributed by atoms with Crippen molar-refractivity contribution in [3.8, 4) is 0 Å². The summed E-state index contributed by atoms with van der Waals surface area (Å²) < 4.78 is 26.7. The third kappa shape index (κ3) is 2.83. The molecule has 2 rings (SSSR count). The second-order valence-corrected chi connectivity index (χ2v) is 5.21. The third-order valence-corrected chi connectivity index (χ3v) is 3.53. The van der Waals surface area contributed by atoms with Crippen LogP contribution in [0.3, 0.4) is 0 Å². The van der Waals surface area contributed by atoms with E-state index in [0.29, 0.717) is 12.2 Å². The van der Waals surface area contributed by atoms with Gasteiger partial charge in [0.1, 0.15) is 5.82 Å². The van der Waals surface area contributed by atoms with Crippen molar-refractivity contribution in [2.75, 3.05) is 0 Å².